The summed E-state index contributed by atoms with van der Waals surface area (Å²) in [4.78, 5) is 12.8. The number of fused-ring (bicyclic) bond motifs is 1. The SMILES string of the molecule is O=C(c1cc(Cl)ccc1I)c1cc(Br)cc2c1OCC2. The van der Waals surface area contributed by atoms with Gasteiger partial charge in [-0.2, -0.15) is 0 Å². The molecule has 0 saturated carbocycles. The lowest BCUT2D eigenvalue weighted by atomic mass is 10.00. The maximum Gasteiger partial charge on any atom is 0.197 e. The average Bonchev–Trinajstić information content (AvgIpc) is 2.87. The van der Waals surface area contributed by atoms with E-state index >= 15 is 0 Å². The number of ether oxygens (including phenoxy) is 1. The fraction of sp³-hybridized carbons (Fsp3) is 0.133. The van der Waals surface area contributed by atoms with E-state index in [2.05, 4.69) is 38.5 Å². The van der Waals surface area contributed by atoms with Crippen LogP contribution in [-0.4, -0.2) is 12.4 Å². The molecule has 0 fully saturated rings. The summed E-state index contributed by atoms with van der Waals surface area (Å²) >= 11 is 11.6. The van der Waals surface area contributed by atoms with Gasteiger partial charge in [-0.3, -0.25) is 4.79 Å². The standard InChI is InChI=1S/C15H9BrClIO2/c16-9-5-8-3-4-20-15(8)12(6-9)14(19)11-7-10(17)1-2-13(11)18/h1-2,5-7H,3-4H2. The number of benzene rings is 2. The van der Waals surface area contributed by atoms with Gasteiger partial charge in [0.1, 0.15) is 5.75 Å². The van der Waals surface area contributed by atoms with Crippen LogP contribution >= 0.6 is 50.1 Å². The molecule has 102 valence electrons. The molecule has 0 aromatic heterocycles. The Kier molecular flexibility index (Phi) is 4.06. The third kappa shape index (κ3) is 2.61. The molecule has 0 atom stereocenters. The van der Waals surface area contributed by atoms with Gasteiger partial charge in [0.15, 0.2) is 5.78 Å². The number of ketones is 1. The summed E-state index contributed by atoms with van der Waals surface area (Å²) in [5.41, 5.74) is 2.26. The van der Waals surface area contributed by atoms with E-state index < -0.39 is 0 Å². The maximum absolute atomic E-state index is 12.8. The number of halogens is 3. The van der Waals surface area contributed by atoms with E-state index in [4.69, 9.17) is 16.3 Å². The molecule has 1 heterocycles. The largest absolute Gasteiger partial charge is 0.492 e. The van der Waals surface area contributed by atoms with Crippen molar-refractivity contribution in [3.63, 3.8) is 0 Å². The first-order valence-electron chi connectivity index (χ1n) is 6.01. The molecule has 0 spiro atoms. The topological polar surface area (TPSA) is 26.3 Å². The van der Waals surface area contributed by atoms with Crippen LogP contribution in [0.15, 0.2) is 34.8 Å². The van der Waals surface area contributed by atoms with Crippen LogP contribution in [0.1, 0.15) is 21.5 Å². The number of carbonyl (C=O) groups is 1. The van der Waals surface area contributed by atoms with Crippen LogP contribution in [0, 0.1) is 3.57 Å². The highest BCUT2D eigenvalue weighted by molar-refractivity contribution is 14.1. The summed E-state index contributed by atoms with van der Waals surface area (Å²) in [7, 11) is 0. The molecule has 0 N–H and O–H groups in total. The Hall–Kier alpha value is -0.590. The Morgan fingerprint density at radius 2 is 2.05 bits per heavy atom. The molecular formula is C15H9BrClIO2. The Morgan fingerprint density at radius 1 is 1.25 bits per heavy atom. The van der Waals surface area contributed by atoms with Crippen LogP contribution in [-0.2, 0) is 6.42 Å². The minimum Gasteiger partial charge on any atom is -0.492 e. The van der Waals surface area contributed by atoms with Crippen LogP contribution in [0.3, 0.4) is 0 Å². The second-order valence-corrected chi connectivity index (χ2v) is 7.01. The molecule has 2 aromatic rings. The second kappa shape index (κ2) is 5.66. The molecule has 2 aromatic carbocycles. The highest BCUT2D eigenvalue weighted by atomic mass is 127. The van der Waals surface area contributed by atoms with Gasteiger partial charge >= 0.3 is 0 Å². The van der Waals surface area contributed by atoms with Crippen molar-refractivity contribution >= 4 is 55.9 Å². The van der Waals surface area contributed by atoms with Crippen molar-refractivity contribution in [1.82, 2.24) is 0 Å². The van der Waals surface area contributed by atoms with Crippen LogP contribution in [0.25, 0.3) is 0 Å². The molecule has 0 radical (unpaired) electrons. The highest BCUT2D eigenvalue weighted by Gasteiger charge is 2.24. The second-order valence-electron chi connectivity index (χ2n) is 4.49. The zero-order valence-electron chi connectivity index (χ0n) is 10.3. The Bertz CT molecular complexity index is 715. The predicted molar refractivity (Wildman–Crippen MR) is 90.9 cm³/mol. The summed E-state index contributed by atoms with van der Waals surface area (Å²) in [6.45, 7) is 0.624. The molecule has 20 heavy (non-hydrogen) atoms. The predicted octanol–water partition coefficient (Wildman–Crippen LogP) is 4.87. The minimum atomic E-state index is -0.0589. The summed E-state index contributed by atoms with van der Waals surface area (Å²) < 4.78 is 7.39. The van der Waals surface area contributed by atoms with Crippen molar-refractivity contribution in [2.45, 2.75) is 6.42 Å². The van der Waals surface area contributed by atoms with Gasteiger partial charge in [0.2, 0.25) is 0 Å². The summed E-state index contributed by atoms with van der Waals surface area (Å²) in [6.07, 6.45) is 0.835. The van der Waals surface area contributed by atoms with Gasteiger partial charge in [-0.1, -0.05) is 27.5 Å². The quantitative estimate of drug-likeness (QED) is 0.469. The van der Waals surface area contributed by atoms with Crippen molar-refractivity contribution < 1.29 is 9.53 Å². The van der Waals surface area contributed by atoms with Gasteiger partial charge in [-0.15, -0.1) is 0 Å². The maximum atomic E-state index is 12.8. The van der Waals surface area contributed by atoms with Crippen LogP contribution in [0.2, 0.25) is 5.02 Å². The first kappa shape index (κ1) is 14.4. The zero-order valence-corrected chi connectivity index (χ0v) is 14.8. The van der Waals surface area contributed by atoms with E-state index in [-0.39, 0.29) is 5.78 Å². The van der Waals surface area contributed by atoms with Gasteiger partial charge in [-0.05, 0) is 58.5 Å². The number of carbonyl (C=O) groups excluding carboxylic acids is 1. The van der Waals surface area contributed by atoms with Crippen molar-refractivity contribution in [1.29, 1.82) is 0 Å². The van der Waals surface area contributed by atoms with Gasteiger partial charge in [0.05, 0.1) is 12.2 Å². The summed E-state index contributed by atoms with van der Waals surface area (Å²) in [5.74, 6) is 0.644. The molecule has 0 unspecified atom stereocenters. The van der Waals surface area contributed by atoms with Gasteiger partial charge in [0.25, 0.3) is 0 Å². The molecule has 1 aliphatic rings. The molecule has 0 bridgehead atoms. The zero-order chi connectivity index (χ0) is 14.3. The number of rotatable bonds is 2. The third-order valence-electron chi connectivity index (χ3n) is 3.17. The Balaban J connectivity index is 2.14. The van der Waals surface area contributed by atoms with E-state index in [1.807, 2.05) is 18.2 Å². The molecule has 2 nitrogen and oxygen atoms in total. The van der Waals surface area contributed by atoms with E-state index in [0.717, 1.165) is 20.0 Å². The molecular weight excluding hydrogens is 454 g/mol. The van der Waals surface area contributed by atoms with E-state index in [1.165, 1.54) is 0 Å². The molecule has 0 amide bonds. The molecule has 5 heteroatoms. The fourth-order valence-electron chi connectivity index (χ4n) is 2.25. The van der Waals surface area contributed by atoms with Crippen molar-refractivity contribution in [3.05, 3.63) is 60.1 Å². The van der Waals surface area contributed by atoms with Crippen LogP contribution in [0.5, 0.6) is 5.75 Å². The average molecular weight is 463 g/mol. The monoisotopic (exact) mass is 462 g/mol. The smallest absolute Gasteiger partial charge is 0.197 e. The molecule has 0 aliphatic carbocycles. The minimum absolute atomic E-state index is 0.0589. The lowest BCUT2D eigenvalue weighted by molar-refractivity contribution is 0.103. The van der Waals surface area contributed by atoms with E-state index in [9.17, 15) is 4.79 Å². The Labute approximate surface area is 143 Å². The summed E-state index contributed by atoms with van der Waals surface area (Å²) in [6, 6.07) is 9.14. The van der Waals surface area contributed by atoms with Crippen LogP contribution < -0.4 is 4.74 Å². The fourth-order valence-corrected chi connectivity index (χ4v) is 3.51. The lowest BCUT2D eigenvalue weighted by Crippen LogP contribution is -2.06. The van der Waals surface area contributed by atoms with Crippen molar-refractivity contribution in [2.75, 3.05) is 6.61 Å². The first-order valence-corrected chi connectivity index (χ1v) is 8.26. The van der Waals surface area contributed by atoms with Crippen molar-refractivity contribution in [2.24, 2.45) is 0 Å². The van der Waals surface area contributed by atoms with E-state index in [1.54, 1.807) is 12.1 Å². The Morgan fingerprint density at radius 3 is 2.85 bits per heavy atom. The van der Waals surface area contributed by atoms with Gasteiger partial charge < -0.3 is 4.74 Å². The summed E-state index contributed by atoms with van der Waals surface area (Å²) in [5, 5.41) is 0.557. The molecule has 3 rings (SSSR count). The highest BCUT2D eigenvalue weighted by Crippen LogP contribution is 2.35. The first-order chi connectivity index (χ1) is 9.56. The molecule has 0 saturated heterocycles. The normalized spacial score (nSPS) is 12.9. The molecule has 1 aliphatic heterocycles. The van der Waals surface area contributed by atoms with Crippen molar-refractivity contribution in [3.8, 4) is 5.75 Å². The van der Waals surface area contributed by atoms with Gasteiger partial charge in [0, 0.05) is 25.0 Å². The van der Waals surface area contributed by atoms with Gasteiger partial charge in [-0.25, -0.2) is 0 Å². The van der Waals surface area contributed by atoms with Crippen LogP contribution in [0.4, 0.5) is 0 Å². The number of hydrogen-bond acceptors (Lipinski definition) is 2. The third-order valence-corrected chi connectivity index (χ3v) is 4.80. The number of hydrogen-bond donors (Lipinski definition) is 0. The lowest BCUT2D eigenvalue weighted by Gasteiger charge is -2.10. The van der Waals surface area contributed by atoms with E-state index in [0.29, 0.717) is 28.5 Å².